The van der Waals surface area contributed by atoms with Crippen LogP contribution in [0.3, 0.4) is 0 Å². The van der Waals surface area contributed by atoms with Crippen LogP contribution < -0.4 is 5.73 Å². The topological polar surface area (TPSA) is 223 Å². The van der Waals surface area contributed by atoms with Crippen LogP contribution in [-0.2, 0) is 18.0 Å². The van der Waals surface area contributed by atoms with E-state index in [1.54, 1.807) is 10.8 Å². The van der Waals surface area contributed by atoms with Gasteiger partial charge in [-0.3, -0.25) is 4.52 Å². The second-order valence-corrected chi connectivity index (χ2v) is 11.5. The molecule has 2 fully saturated rings. The van der Waals surface area contributed by atoms with Gasteiger partial charge >= 0.3 is 15.6 Å². The zero-order valence-corrected chi connectivity index (χ0v) is 18.9. The average molecular weight is 497 g/mol. The Morgan fingerprint density at radius 1 is 1.35 bits per heavy atom. The highest BCUT2D eigenvalue weighted by atomic mass is 32.2. The number of hydrogen-bond donors (Lipinski definition) is 6. The van der Waals surface area contributed by atoms with Crippen LogP contribution in [0, 0.1) is 11.3 Å². The highest BCUT2D eigenvalue weighted by Crippen LogP contribution is 2.70. The zero-order valence-electron chi connectivity index (χ0n) is 16.3. The number of imidazole rings is 1. The molecule has 2 aliphatic rings. The highest BCUT2D eigenvalue weighted by Gasteiger charge is 2.78. The predicted octanol–water partition coefficient (Wildman–Crippen LogP) is 0.0296. The molecule has 0 spiro atoms. The summed E-state index contributed by atoms with van der Waals surface area (Å²) in [6.45, 7) is 0.943. The minimum Gasteiger partial charge on any atom is -0.389 e. The van der Waals surface area contributed by atoms with Gasteiger partial charge in [-0.15, -0.1) is 0 Å². The van der Waals surface area contributed by atoms with E-state index in [-0.39, 0.29) is 12.2 Å². The van der Waals surface area contributed by atoms with Crippen molar-refractivity contribution in [2.45, 2.75) is 36.2 Å². The molecule has 6 atom stereocenters. The van der Waals surface area contributed by atoms with Gasteiger partial charge in [0.15, 0.2) is 16.6 Å². The molecule has 2 unspecified atom stereocenters. The molecule has 2 saturated carbocycles. The Balaban J connectivity index is 1.55. The van der Waals surface area contributed by atoms with Crippen molar-refractivity contribution in [1.82, 2.24) is 19.5 Å². The summed E-state index contributed by atoms with van der Waals surface area (Å²) in [6, 6.07) is -0.572. The maximum Gasteiger partial charge on any atom is 0.481 e. The molecule has 7 N–H and O–H groups in total. The number of thioether (sulfide) groups is 1. The monoisotopic (exact) mass is 497 g/mol. The first-order valence-electron chi connectivity index (χ1n) is 8.90. The molecule has 0 bridgehead atoms. The van der Waals surface area contributed by atoms with E-state index in [9.17, 15) is 24.2 Å². The summed E-state index contributed by atoms with van der Waals surface area (Å²) in [5, 5.41) is 22.4. The summed E-state index contributed by atoms with van der Waals surface area (Å²) in [5.74, 6) is -0.267. The third-order valence-electron chi connectivity index (χ3n) is 5.80. The molecule has 0 radical (unpaired) electrons. The molecule has 14 nitrogen and oxygen atoms in total. The first-order valence-corrected chi connectivity index (χ1v) is 13.2. The van der Waals surface area contributed by atoms with Crippen molar-refractivity contribution >= 4 is 44.4 Å². The van der Waals surface area contributed by atoms with Gasteiger partial charge in [0.2, 0.25) is 0 Å². The lowest BCUT2D eigenvalue weighted by Gasteiger charge is -2.33. The van der Waals surface area contributed by atoms with Gasteiger partial charge in [-0.25, -0.2) is 24.1 Å². The Morgan fingerprint density at radius 3 is 2.58 bits per heavy atom. The number of nitrogens with two attached hydrogens (primary N) is 1. The molecular formula is C14H21N5O9P2S. The Labute approximate surface area is 179 Å². The molecular weight excluding hydrogens is 476 g/mol. The van der Waals surface area contributed by atoms with Gasteiger partial charge in [0.1, 0.15) is 11.1 Å². The van der Waals surface area contributed by atoms with Crippen molar-refractivity contribution in [3.8, 4) is 0 Å². The fraction of sp³-hybridized carbons (Fsp3) is 0.643. The first-order chi connectivity index (χ1) is 14.2. The molecule has 0 amide bonds. The lowest BCUT2D eigenvalue weighted by Crippen LogP contribution is -2.43. The number of phosphoric acid groups is 2. The van der Waals surface area contributed by atoms with Crippen molar-refractivity contribution in [3.05, 3.63) is 6.33 Å². The van der Waals surface area contributed by atoms with Gasteiger partial charge in [-0.2, -0.15) is 4.31 Å². The molecule has 2 aliphatic carbocycles. The number of aliphatic hydroxyl groups is 2. The van der Waals surface area contributed by atoms with Gasteiger partial charge < -0.3 is 35.2 Å². The minimum atomic E-state index is -5.26. The van der Waals surface area contributed by atoms with Gasteiger partial charge in [0.05, 0.1) is 25.1 Å². The van der Waals surface area contributed by atoms with E-state index in [1.165, 1.54) is 25.0 Å². The Morgan fingerprint density at radius 2 is 2.03 bits per heavy atom. The first kappa shape index (κ1) is 23.1. The number of aliphatic hydroxyl groups excluding tert-OH is 1. The van der Waals surface area contributed by atoms with Crippen LogP contribution in [-0.4, -0.2) is 69.0 Å². The number of phosphoric ester groups is 1. The normalized spacial score (nSPS) is 34.6. The standard InChI is InChI=1S/C14H21N5O9P2S/c1-13(4-27-30(25,26)28-29(22,23)24)3-6-8(14(6,21)11(13)20)19-5-16-7-9(15)17-12(31-2)18-10(7)19/h5-6,8,11,20-21H,3-4H2,1-2H3,(H,25,26)(H2,15,17,18)(H2,22,23,24)/t6-,8?,11+,13+,14+/m0/s1. The van der Waals surface area contributed by atoms with Crippen LogP contribution in [0.2, 0.25) is 0 Å². The Kier molecular flexibility index (Phi) is 5.35. The quantitative estimate of drug-likeness (QED) is 0.169. The summed E-state index contributed by atoms with van der Waals surface area (Å²) in [7, 11) is -10.3. The fourth-order valence-corrected chi connectivity index (χ4v) is 6.50. The molecule has 4 rings (SSSR count). The number of fused-ring (bicyclic) bond motifs is 2. The number of rotatable bonds is 7. The summed E-state index contributed by atoms with van der Waals surface area (Å²) in [5.41, 5.74) is 3.93. The summed E-state index contributed by atoms with van der Waals surface area (Å²) >= 11 is 1.29. The van der Waals surface area contributed by atoms with Crippen LogP contribution in [0.25, 0.3) is 11.2 Å². The van der Waals surface area contributed by atoms with Gasteiger partial charge in [-0.05, 0) is 12.7 Å². The van der Waals surface area contributed by atoms with Crippen LogP contribution >= 0.6 is 27.4 Å². The summed E-state index contributed by atoms with van der Waals surface area (Å²) < 4.78 is 32.6. The van der Waals surface area contributed by atoms with Crippen molar-refractivity contribution in [2.24, 2.45) is 11.3 Å². The average Bonchev–Trinajstić information content (AvgIpc) is 2.94. The molecule has 2 aromatic rings. The maximum atomic E-state index is 11.7. The number of nitrogen functional groups attached to an aromatic ring is 1. The van der Waals surface area contributed by atoms with Crippen molar-refractivity contribution in [3.63, 3.8) is 0 Å². The summed E-state index contributed by atoms with van der Waals surface area (Å²) in [6.07, 6.45) is 2.03. The molecule has 0 aromatic carbocycles. The summed E-state index contributed by atoms with van der Waals surface area (Å²) in [4.78, 5) is 39.6. The molecule has 2 aromatic heterocycles. The second-order valence-electron chi connectivity index (χ2n) is 7.93. The molecule has 172 valence electrons. The van der Waals surface area contributed by atoms with E-state index < -0.39 is 51.3 Å². The van der Waals surface area contributed by atoms with Crippen molar-refractivity contribution in [1.29, 1.82) is 0 Å². The van der Waals surface area contributed by atoms with Gasteiger partial charge in [0.25, 0.3) is 0 Å². The number of aromatic nitrogens is 4. The molecule has 2 heterocycles. The van der Waals surface area contributed by atoms with Crippen molar-refractivity contribution < 1.29 is 42.9 Å². The van der Waals surface area contributed by atoms with Crippen LogP contribution in [0.1, 0.15) is 19.4 Å². The smallest absolute Gasteiger partial charge is 0.389 e. The maximum absolute atomic E-state index is 11.7. The Hall–Kier alpha value is -1.12. The highest BCUT2D eigenvalue weighted by molar-refractivity contribution is 7.98. The van der Waals surface area contributed by atoms with Gasteiger partial charge in [-0.1, -0.05) is 18.7 Å². The SMILES string of the molecule is CSc1nc(N)c2ncn(C3[C@@H]4C[C@](C)(COP(=O)(O)OP(=O)(O)O)[C@@H](O)[C@]34O)c2n1. The minimum absolute atomic E-state index is 0.181. The number of nitrogens with zero attached hydrogens (tertiary/aromatic N) is 4. The van der Waals surface area contributed by atoms with E-state index in [0.29, 0.717) is 16.3 Å². The van der Waals surface area contributed by atoms with E-state index in [4.69, 9.17) is 15.5 Å². The third-order valence-corrected chi connectivity index (χ3v) is 8.48. The largest absolute Gasteiger partial charge is 0.481 e. The lowest BCUT2D eigenvalue weighted by atomic mass is 9.82. The van der Waals surface area contributed by atoms with Crippen LogP contribution in [0.15, 0.2) is 11.5 Å². The number of anilines is 1. The third kappa shape index (κ3) is 3.82. The van der Waals surface area contributed by atoms with Crippen molar-refractivity contribution in [2.75, 3.05) is 18.6 Å². The lowest BCUT2D eigenvalue weighted by molar-refractivity contribution is -0.0732. The van der Waals surface area contributed by atoms with E-state index in [0.717, 1.165) is 0 Å². The predicted molar refractivity (Wildman–Crippen MR) is 107 cm³/mol. The zero-order chi connectivity index (χ0) is 23.0. The Bertz CT molecular complexity index is 1140. The van der Waals surface area contributed by atoms with E-state index in [2.05, 4.69) is 23.8 Å². The fourth-order valence-electron chi connectivity index (χ4n) is 4.41. The molecule has 0 saturated heterocycles. The molecule has 17 heteroatoms. The van der Waals surface area contributed by atoms with E-state index in [1.807, 2.05) is 0 Å². The number of hydrogen-bond acceptors (Lipinski definition) is 11. The van der Waals surface area contributed by atoms with Crippen LogP contribution in [0.4, 0.5) is 5.82 Å². The molecule has 31 heavy (non-hydrogen) atoms. The molecule has 0 aliphatic heterocycles. The van der Waals surface area contributed by atoms with Crippen LogP contribution in [0.5, 0.6) is 0 Å². The van der Waals surface area contributed by atoms with E-state index >= 15 is 0 Å². The van der Waals surface area contributed by atoms with Gasteiger partial charge in [0, 0.05) is 11.3 Å². The second kappa shape index (κ2) is 7.19.